The van der Waals surface area contributed by atoms with Gasteiger partial charge in [-0.1, -0.05) is 0 Å². The van der Waals surface area contributed by atoms with Crippen LogP contribution < -0.4 is 0 Å². The summed E-state index contributed by atoms with van der Waals surface area (Å²) in [5.41, 5.74) is -1.62. The molecule has 1 rings (SSSR count). The Bertz CT molecular complexity index is 541. The first-order valence-electron chi connectivity index (χ1n) is 7.21. The largest absolute Gasteiger partial charge is 0.458 e. The maximum atomic E-state index is 12.2. The van der Waals surface area contributed by atoms with Gasteiger partial charge in [0, 0.05) is 0 Å². The highest BCUT2D eigenvalue weighted by atomic mass is 32.2. The Kier molecular flexibility index (Phi) is 5.16. The topological polar surface area (TPSA) is 90.0 Å². The van der Waals surface area contributed by atoms with E-state index in [1.54, 1.807) is 41.5 Å². The molecule has 1 saturated heterocycles. The van der Waals surface area contributed by atoms with Crippen molar-refractivity contribution >= 4 is 22.1 Å². The zero-order valence-corrected chi connectivity index (χ0v) is 14.8. The van der Waals surface area contributed by atoms with Crippen LogP contribution in [-0.2, 0) is 24.3 Å². The van der Waals surface area contributed by atoms with E-state index in [9.17, 15) is 18.0 Å². The molecule has 1 aliphatic heterocycles. The van der Waals surface area contributed by atoms with Crippen LogP contribution in [0.25, 0.3) is 0 Å². The molecule has 0 radical (unpaired) electrons. The molecular weight excluding hydrogens is 310 g/mol. The van der Waals surface area contributed by atoms with Gasteiger partial charge in [-0.25, -0.2) is 18.0 Å². The van der Waals surface area contributed by atoms with Crippen LogP contribution in [-0.4, -0.2) is 47.8 Å². The Morgan fingerprint density at radius 3 is 1.95 bits per heavy atom. The molecule has 128 valence electrons. The minimum atomic E-state index is -3.89. The molecular formula is C14H25NO6S. The van der Waals surface area contributed by atoms with Crippen molar-refractivity contribution in [1.82, 2.24) is 4.31 Å². The van der Waals surface area contributed by atoms with Gasteiger partial charge in [0.25, 0.3) is 0 Å². The van der Waals surface area contributed by atoms with Crippen molar-refractivity contribution in [1.29, 1.82) is 0 Å². The third-order valence-corrected chi connectivity index (χ3v) is 4.52. The summed E-state index contributed by atoms with van der Waals surface area (Å²) in [5.74, 6) is -0.924. The Balaban J connectivity index is 3.08. The number of hydrogen-bond acceptors (Lipinski definition) is 6. The van der Waals surface area contributed by atoms with Crippen molar-refractivity contribution in [3.63, 3.8) is 0 Å². The van der Waals surface area contributed by atoms with E-state index in [2.05, 4.69) is 0 Å². The Morgan fingerprint density at radius 2 is 1.50 bits per heavy atom. The summed E-state index contributed by atoms with van der Waals surface area (Å²) in [6.07, 6.45) is -0.512. The van der Waals surface area contributed by atoms with Crippen molar-refractivity contribution < 1.29 is 27.5 Å². The highest BCUT2D eigenvalue weighted by Gasteiger charge is 2.45. The Morgan fingerprint density at radius 1 is 1.00 bits per heavy atom. The summed E-state index contributed by atoms with van der Waals surface area (Å²) < 4.78 is 35.3. The lowest BCUT2D eigenvalue weighted by Gasteiger charge is -2.35. The molecule has 1 heterocycles. The number of nitrogens with zero attached hydrogens (tertiary/aromatic N) is 1. The quantitative estimate of drug-likeness (QED) is 0.681. The fourth-order valence-corrected chi connectivity index (χ4v) is 3.57. The highest BCUT2D eigenvalue weighted by molar-refractivity contribution is 7.89. The fourth-order valence-electron chi connectivity index (χ4n) is 2.00. The average Bonchev–Trinajstić information content (AvgIpc) is 2.21. The molecule has 7 nitrogen and oxygen atoms in total. The molecule has 1 aliphatic rings. The first-order chi connectivity index (χ1) is 9.73. The molecule has 0 aromatic carbocycles. The van der Waals surface area contributed by atoms with Crippen molar-refractivity contribution in [2.45, 2.75) is 71.6 Å². The molecule has 0 N–H and O–H groups in total. The van der Waals surface area contributed by atoms with Crippen LogP contribution in [0.5, 0.6) is 0 Å². The molecule has 22 heavy (non-hydrogen) atoms. The van der Waals surface area contributed by atoms with Crippen molar-refractivity contribution in [3.8, 4) is 0 Å². The second-order valence-electron chi connectivity index (χ2n) is 7.28. The van der Waals surface area contributed by atoms with Crippen LogP contribution in [0, 0.1) is 0 Å². The molecule has 1 fully saturated rings. The SMILES string of the molecule is CC(C)(C)OC(=O)C1CCCS(=O)(=O)N1C(=O)OC(C)(C)C. The second kappa shape index (κ2) is 6.06. The number of carbonyl (C=O) groups excluding carboxylic acids is 2. The number of rotatable bonds is 1. The van der Waals surface area contributed by atoms with E-state index in [-0.39, 0.29) is 12.2 Å². The maximum Gasteiger partial charge on any atom is 0.424 e. The van der Waals surface area contributed by atoms with E-state index in [1.165, 1.54) is 0 Å². The lowest BCUT2D eigenvalue weighted by Crippen LogP contribution is -2.54. The zero-order chi connectivity index (χ0) is 17.3. The molecule has 0 aliphatic carbocycles. The van der Waals surface area contributed by atoms with Crippen LogP contribution in [0.2, 0.25) is 0 Å². The molecule has 0 aromatic heterocycles. The number of sulfonamides is 1. The van der Waals surface area contributed by atoms with Gasteiger partial charge in [0.15, 0.2) is 0 Å². The number of ether oxygens (including phenoxy) is 2. The standard InChI is InChI=1S/C14H25NO6S/c1-13(2,3)20-11(16)10-8-7-9-22(18,19)15(10)12(17)21-14(4,5)6/h10H,7-9H2,1-6H3. The average molecular weight is 335 g/mol. The smallest absolute Gasteiger partial charge is 0.424 e. The van der Waals surface area contributed by atoms with Crippen LogP contribution in [0.3, 0.4) is 0 Å². The normalized spacial score (nSPS) is 22.1. The molecule has 1 amide bonds. The predicted octanol–water partition coefficient (Wildman–Crippen LogP) is 2.06. The van der Waals surface area contributed by atoms with E-state index >= 15 is 0 Å². The number of carbonyl (C=O) groups is 2. The second-order valence-corrected chi connectivity index (χ2v) is 9.25. The Labute approximate surface area is 132 Å². The lowest BCUT2D eigenvalue weighted by atomic mass is 10.1. The van der Waals surface area contributed by atoms with Crippen LogP contribution in [0.15, 0.2) is 0 Å². The van der Waals surface area contributed by atoms with E-state index in [0.717, 1.165) is 0 Å². The highest BCUT2D eigenvalue weighted by Crippen LogP contribution is 2.26. The maximum absolute atomic E-state index is 12.2. The van der Waals surface area contributed by atoms with E-state index < -0.39 is 39.3 Å². The predicted molar refractivity (Wildman–Crippen MR) is 80.7 cm³/mol. The van der Waals surface area contributed by atoms with E-state index in [4.69, 9.17) is 9.47 Å². The van der Waals surface area contributed by atoms with Crippen LogP contribution in [0.4, 0.5) is 4.79 Å². The van der Waals surface area contributed by atoms with Gasteiger partial charge in [0.05, 0.1) is 5.75 Å². The first-order valence-corrected chi connectivity index (χ1v) is 8.82. The third kappa shape index (κ3) is 5.15. The van der Waals surface area contributed by atoms with E-state index in [0.29, 0.717) is 10.7 Å². The van der Waals surface area contributed by atoms with Crippen molar-refractivity contribution in [3.05, 3.63) is 0 Å². The molecule has 0 aromatic rings. The lowest BCUT2D eigenvalue weighted by molar-refractivity contribution is -0.160. The van der Waals surface area contributed by atoms with Gasteiger partial charge >= 0.3 is 12.1 Å². The van der Waals surface area contributed by atoms with Gasteiger partial charge in [-0.15, -0.1) is 0 Å². The fraction of sp³-hybridized carbons (Fsp3) is 0.857. The van der Waals surface area contributed by atoms with Crippen LogP contribution in [0.1, 0.15) is 54.4 Å². The van der Waals surface area contributed by atoms with Crippen molar-refractivity contribution in [2.24, 2.45) is 0 Å². The number of amides is 1. The summed E-state index contributed by atoms with van der Waals surface area (Å²) in [4.78, 5) is 24.5. The van der Waals surface area contributed by atoms with Gasteiger partial charge in [-0.2, -0.15) is 4.31 Å². The summed E-state index contributed by atoms with van der Waals surface area (Å²) >= 11 is 0. The van der Waals surface area contributed by atoms with Gasteiger partial charge in [0.2, 0.25) is 10.0 Å². The Hall–Kier alpha value is -1.31. The summed E-state index contributed by atoms with van der Waals surface area (Å²) in [5, 5.41) is 0. The molecule has 0 bridgehead atoms. The monoisotopic (exact) mass is 335 g/mol. The first kappa shape index (κ1) is 18.7. The van der Waals surface area contributed by atoms with Gasteiger partial charge in [-0.3, -0.25) is 0 Å². The molecule has 1 unspecified atom stereocenters. The van der Waals surface area contributed by atoms with E-state index in [1.807, 2.05) is 0 Å². The third-order valence-electron chi connectivity index (χ3n) is 2.71. The van der Waals surface area contributed by atoms with Gasteiger partial charge in [0.1, 0.15) is 17.2 Å². The summed E-state index contributed by atoms with van der Waals surface area (Å²) in [6.45, 7) is 9.93. The minimum Gasteiger partial charge on any atom is -0.458 e. The zero-order valence-electron chi connectivity index (χ0n) is 14.0. The summed E-state index contributed by atoms with van der Waals surface area (Å²) in [6, 6.07) is -1.17. The minimum absolute atomic E-state index is 0.189. The number of hydrogen-bond donors (Lipinski definition) is 0. The van der Waals surface area contributed by atoms with Gasteiger partial charge < -0.3 is 9.47 Å². The molecule has 8 heteroatoms. The molecule has 1 atom stereocenters. The van der Waals surface area contributed by atoms with Crippen molar-refractivity contribution in [2.75, 3.05) is 5.75 Å². The molecule has 0 spiro atoms. The molecule has 0 saturated carbocycles. The van der Waals surface area contributed by atoms with Crippen LogP contribution >= 0.6 is 0 Å². The summed E-state index contributed by atoms with van der Waals surface area (Å²) in [7, 11) is -3.89. The number of esters is 1. The van der Waals surface area contributed by atoms with Gasteiger partial charge in [-0.05, 0) is 54.4 Å².